The highest BCUT2D eigenvalue weighted by Crippen LogP contribution is 2.59. The SMILES string of the molecule is CC1(C)c2ccccc2N(c2cccc(-c3cc(C#N)ccn3)c2)c2ccccc21.CC1(C)c2ccccc2N(c2cccc(-c3ccc(C#N)cn3)c2)c2ccccc21.CC1(C)c2ccccc2N(c2cccc(-c3cccc(C#N)n3)c2)c2ccccc21.CC1(C)c2ccccc2N(c2cccc(-c3cccnc3C#N)c2)c2ccccc21.CC1(C)c2ccccc2N(c2cccc(-c3ncccc3C#N)c2)c2ccccc21. The van der Waals surface area contributed by atoms with Crippen molar-refractivity contribution in [3.8, 4) is 86.5 Å². The van der Waals surface area contributed by atoms with Crippen molar-refractivity contribution in [3.63, 3.8) is 0 Å². The molecule has 0 saturated heterocycles. The molecule has 0 unspecified atom stereocenters. The van der Waals surface area contributed by atoms with Gasteiger partial charge in [0, 0.05) is 108 Å². The lowest BCUT2D eigenvalue weighted by Crippen LogP contribution is -2.30. The molecule has 0 atom stereocenters. The third kappa shape index (κ3) is 17.8. The highest BCUT2D eigenvalue weighted by Gasteiger charge is 2.43. The predicted molar refractivity (Wildman–Crippen MR) is 606 cm³/mol. The number of hydrogen-bond acceptors (Lipinski definition) is 15. The van der Waals surface area contributed by atoms with Crippen molar-refractivity contribution in [2.75, 3.05) is 24.5 Å². The average Bonchev–Trinajstić information content (AvgIpc) is 0.741. The molecule has 0 bridgehead atoms. The van der Waals surface area contributed by atoms with Crippen molar-refractivity contribution in [2.45, 2.75) is 96.3 Å². The van der Waals surface area contributed by atoms with E-state index in [1.54, 1.807) is 43.0 Å². The van der Waals surface area contributed by atoms with Crippen LogP contribution in [0.1, 0.15) is 153 Å². The van der Waals surface area contributed by atoms with Gasteiger partial charge in [0.25, 0.3) is 0 Å². The van der Waals surface area contributed by atoms with E-state index in [9.17, 15) is 21.0 Å². The Hall–Kier alpha value is -19.5. The Balaban J connectivity index is 0.000000109. The van der Waals surface area contributed by atoms with Gasteiger partial charge < -0.3 is 24.5 Å². The van der Waals surface area contributed by atoms with Gasteiger partial charge in [0.15, 0.2) is 0 Å². The van der Waals surface area contributed by atoms with Gasteiger partial charge in [0.2, 0.25) is 0 Å². The predicted octanol–water partition coefficient (Wildman–Crippen LogP) is 33.6. The standard InChI is InChI=1S/5C27H21N3/c1-27(2)22-12-3-5-15-25(22)30(26-16-6-4-13-23(26)27)21-11-7-9-19(17-21)24-14-8-10-20(18-28)29-24;1-27(2)22-12-3-5-14-24(22)30(25-15-6-4-13-23(25)27)21-11-7-9-19(17-21)26-20(18-28)10-8-16-29-26;1-27(2)22-12-3-5-14-25(22)30(26-15-6-4-13-23(26)27)20-10-7-9-19(17-20)21-11-8-16-29-24(21)18-28;1-27(2)22-10-3-5-12-25(22)30(26-13-6-4-11-23(26)27)21-9-7-8-20(16-21)24-15-14-19(17-28)18-29-24;1-27(2)22-10-3-5-12-25(22)30(26-13-6-4-11-23(26)27)21-9-7-8-20(17-21)24-16-19(18-28)14-15-29-24/h3*3-17H,1-2H3;3-16,18H,1-2H3;3-17H,1-2H3. The highest BCUT2D eigenvalue weighted by atomic mass is 15.2. The molecule has 20 aromatic rings. The van der Waals surface area contributed by atoms with Gasteiger partial charge in [-0.1, -0.05) is 318 Å². The second kappa shape index (κ2) is 40.2. The molecule has 0 aliphatic carbocycles. The van der Waals surface area contributed by atoms with Crippen LogP contribution in [0.25, 0.3) is 56.2 Å². The molecule has 0 amide bonds. The Morgan fingerprint density at radius 3 is 0.847 bits per heavy atom. The monoisotopic (exact) mass is 1940 g/mol. The van der Waals surface area contributed by atoms with Crippen molar-refractivity contribution in [1.82, 2.24) is 24.9 Å². The molecular weight excluding hydrogens is 1830 g/mol. The summed E-state index contributed by atoms with van der Waals surface area (Å²) < 4.78 is 0. The summed E-state index contributed by atoms with van der Waals surface area (Å²) in [5, 5.41) is 46.5. The van der Waals surface area contributed by atoms with Gasteiger partial charge in [0.05, 0.1) is 102 Å². The average molecular weight is 1940 g/mol. The van der Waals surface area contributed by atoms with Gasteiger partial charge >= 0.3 is 0 Å². The third-order valence-corrected chi connectivity index (χ3v) is 29.7. The van der Waals surface area contributed by atoms with Crippen LogP contribution in [0.15, 0.2) is 455 Å². The quantitative estimate of drug-likeness (QED) is 0.125. The first-order valence-electron chi connectivity index (χ1n) is 50.3. The lowest BCUT2D eigenvalue weighted by molar-refractivity contribution is 0.632. The Morgan fingerprint density at radius 1 is 0.207 bits per heavy atom. The molecule has 15 nitrogen and oxygen atoms in total. The Kier molecular flexibility index (Phi) is 25.9. The zero-order chi connectivity index (χ0) is 104. The first-order valence-corrected chi connectivity index (χ1v) is 50.3. The smallest absolute Gasteiger partial charge is 0.148 e. The van der Waals surface area contributed by atoms with Crippen LogP contribution in [-0.2, 0) is 27.1 Å². The number of para-hydroxylation sites is 10. The van der Waals surface area contributed by atoms with Crippen LogP contribution in [-0.4, -0.2) is 24.9 Å². The van der Waals surface area contributed by atoms with Crippen LogP contribution >= 0.6 is 0 Å². The molecule has 0 N–H and O–H groups in total. The number of rotatable bonds is 10. The van der Waals surface area contributed by atoms with Crippen molar-refractivity contribution in [1.29, 1.82) is 26.3 Å². The van der Waals surface area contributed by atoms with Gasteiger partial charge in [-0.05, 0) is 243 Å². The summed E-state index contributed by atoms with van der Waals surface area (Å²) in [7, 11) is 0. The summed E-state index contributed by atoms with van der Waals surface area (Å²) in [6.45, 7) is 22.9. The van der Waals surface area contributed by atoms with E-state index in [0.717, 1.165) is 78.9 Å². The van der Waals surface area contributed by atoms with E-state index in [1.165, 1.54) is 113 Å². The van der Waals surface area contributed by atoms with Crippen molar-refractivity contribution in [2.24, 2.45) is 0 Å². The molecule has 0 radical (unpaired) electrons. The second-order valence-corrected chi connectivity index (χ2v) is 40.4. The van der Waals surface area contributed by atoms with Gasteiger partial charge in [-0.2, -0.15) is 26.3 Å². The Bertz CT molecular complexity index is 8180. The van der Waals surface area contributed by atoms with Gasteiger partial charge in [-0.3, -0.25) is 15.0 Å². The maximum Gasteiger partial charge on any atom is 0.148 e. The fourth-order valence-corrected chi connectivity index (χ4v) is 22.2. The van der Waals surface area contributed by atoms with Crippen molar-refractivity contribution in [3.05, 3.63) is 539 Å². The third-order valence-electron chi connectivity index (χ3n) is 29.7. The topological polar surface area (TPSA) is 200 Å². The van der Waals surface area contributed by atoms with E-state index < -0.39 is 0 Å². The molecule has 150 heavy (non-hydrogen) atoms. The summed E-state index contributed by atoms with van der Waals surface area (Å²) in [6.07, 6.45) is 6.70. The highest BCUT2D eigenvalue weighted by molar-refractivity contribution is 5.94. The lowest BCUT2D eigenvalue weighted by Gasteiger charge is -2.42. The molecule has 720 valence electrons. The lowest BCUT2D eigenvalue weighted by atomic mass is 9.73. The van der Waals surface area contributed by atoms with Crippen LogP contribution in [0, 0.1) is 56.7 Å². The second-order valence-electron chi connectivity index (χ2n) is 40.4. The maximum atomic E-state index is 9.52. The number of aromatic nitrogens is 5. The van der Waals surface area contributed by atoms with Crippen LogP contribution in [0.4, 0.5) is 85.3 Å². The number of fused-ring (bicyclic) bond motifs is 10. The molecule has 0 fully saturated rings. The molecule has 10 heterocycles. The van der Waals surface area contributed by atoms with E-state index >= 15 is 0 Å². The van der Waals surface area contributed by atoms with Crippen LogP contribution in [0.3, 0.4) is 0 Å². The molecule has 15 heteroatoms. The Labute approximate surface area is 877 Å². The maximum absolute atomic E-state index is 9.52. The molecule has 5 aliphatic heterocycles. The molecule has 0 saturated carbocycles. The zero-order valence-corrected chi connectivity index (χ0v) is 85.0. The van der Waals surface area contributed by atoms with Crippen LogP contribution in [0.2, 0.25) is 0 Å². The minimum atomic E-state index is -0.0870. The number of pyridine rings is 5. The van der Waals surface area contributed by atoms with Gasteiger partial charge in [-0.15, -0.1) is 0 Å². The van der Waals surface area contributed by atoms with E-state index in [4.69, 9.17) is 5.26 Å². The molecule has 15 aromatic carbocycles. The van der Waals surface area contributed by atoms with Crippen molar-refractivity contribution >= 4 is 85.3 Å². The van der Waals surface area contributed by atoms with E-state index in [-0.39, 0.29) is 27.1 Å². The molecule has 25 rings (SSSR count). The van der Waals surface area contributed by atoms with Crippen LogP contribution in [0.5, 0.6) is 0 Å². The first kappa shape index (κ1) is 96.6. The molecule has 5 aliphatic rings. The van der Waals surface area contributed by atoms with E-state index in [0.29, 0.717) is 33.8 Å². The summed E-state index contributed by atoms with van der Waals surface area (Å²) in [5.41, 5.74) is 41.4. The number of benzene rings is 15. The minimum absolute atomic E-state index is 0.0734. The van der Waals surface area contributed by atoms with Gasteiger partial charge in [0.1, 0.15) is 35.7 Å². The largest absolute Gasteiger partial charge is 0.310 e. The molecular formula is C135H105N15. The van der Waals surface area contributed by atoms with Gasteiger partial charge in [-0.25, -0.2) is 9.97 Å². The Morgan fingerprint density at radius 2 is 0.513 bits per heavy atom. The number of anilines is 15. The molecule has 5 aromatic heterocycles. The number of hydrogen-bond donors (Lipinski definition) is 0. The minimum Gasteiger partial charge on any atom is -0.310 e. The molecule has 0 spiro atoms. The number of nitrogens with zero attached hydrogens (tertiary/aromatic N) is 15. The number of nitriles is 5. The fraction of sp³-hybridized carbons (Fsp3) is 0.111. The summed E-state index contributed by atoms with van der Waals surface area (Å²) >= 11 is 0. The fourth-order valence-electron chi connectivity index (χ4n) is 22.2. The summed E-state index contributed by atoms with van der Waals surface area (Å²) in [5.74, 6) is 0. The van der Waals surface area contributed by atoms with Crippen molar-refractivity contribution < 1.29 is 0 Å². The van der Waals surface area contributed by atoms with E-state index in [2.05, 4.69) is 477 Å². The van der Waals surface area contributed by atoms with Crippen LogP contribution < -0.4 is 24.5 Å². The first-order chi connectivity index (χ1) is 73.0. The van der Waals surface area contributed by atoms with E-state index in [1.807, 2.05) is 84.9 Å². The zero-order valence-electron chi connectivity index (χ0n) is 85.0. The summed E-state index contributed by atoms with van der Waals surface area (Å²) in [6, 6.07) is 159. The normalized spacial score (nSPS) is 13.8. The summed E-state index contributed by atoms with van der Waals surface area (Å²) in [4.78, 5) is 33.8.